The molecule has 174 valence electrons. The second-order valence-electron chi connectivity index (χ2n) is 8.93. The molecule has 4 aromatic rings. The minimum atomic E-state index is -0.504. The summed E-state index contributed by atoms with van der Waals surface area (Å²) in [7, 11) is 0. The van der Waals surface area contributed by atoms with Gasteiger partial charge in [-0.3, -0.25) is 4.79 Å². The van der Waals surface area contributed by atoms with Crippen LogP contribution in [0.5, 0.6) is 0 Å². The van der Waals surface area contributed by atoms with Crippen LogP contribution in [0.4, 0.5) is 0 Å². The SMILES string of the molecule is CC1CC(=Cc2ccccc2)c2nc3ccccc3c(C(=O)OCC(=O)c3ccc(Cl)cc3)c2C1. The summed E-state index contributed by atoms with van der Waals surface area (Å²) in [5.74, 6) is -0.446. The monoisotopic (exact) mass is 481 g/mol. The van der Waals surface area contributed by atoms with Gasteiger partial charge in [-0.05, 0) is 71.9 Å². The molecule has 1 heterocycles. The predicted molar refractivity (Wildman–Crippen MR) is 140 cm³/mol. The van der Waals surface area contributed by atoms with Crippen molar-refractivity contribution in [1.82, 2.24) is 4.98 Å². The van der Waals surface area contributed by atoms with E-state index in [1.54, 1.807) is 24.3 Å². The molecular formula is C30H24ClNO3. The van der Waals surface area contributed by atoms with Crippen LogP contribution in [-0.4, -0.2) is 23.3 Å². The average molecular weight is 482 g/mol. The van der Waals surface area contributed by atoms with Gasteiger partial charge in [-0.15, -0.1) is 0 Å². The first-order chi connectivity index (χ1) is 17.0. The molecule has 0 bridgehead atoms. The van der Waals surface area contributed by atoms with Crippen LogP contribution in [0.1, 0.15) is 50.9 Å². The Morgan fingerprint density at radius 1 is 0.971 bits per heavy atom. The lowest BCUT2D eigenvalue weighted by molar-refractivity contribution is 0.0475. The number of allylic oxidation sites excluding steroid dienone is 1. The number of halogens is 1. The summed E-state index contributed by atoms with van der Waals surface area (Å²) in [6.45, 7) is 1.84. The summed E-state index contributed by atoms with van der Waals surface area (Å²) in [4.78, 5) is 31.0. The third kappa shape index (κ3) is 4.89. The highest BCUT2D eigenvalue weighted by molar-refractivity contribution is 6.30. The van der Waals surface area contributed by atoms with Gasteiger partial charge in [0.25, 0.3) is 0 Å². The van der Waals surface area contributed by atoms with Crippen molar-refractivity contribution in [3.63, 3.8) is 0 Å². The number of rotatable bonds is 5. The first-order valence-corrected chi connectivity index (χ1v) is 12.0. The summed E-state index contributed by atoms with van der Waals surface area (Å²) in [6.07, 6.45) is 3.74. The molecule has 5 heteroatoms. The van der Waals surface area contributed by atoms with Gasteiger partial charge in [0.15, 0.2) is 12.4 Å². The van der Waals surface area contributed by atoms with E-state index >= 15 is 0 Å². The number of carbonyl (C=O) groups excluding carboxylic acids is 2. The number of benzene rings is 3. The Morgan fingerprint density at radius 2 is 1.69 bits per heavy atom. The van der Waals surface area contributed by atoms with Gasteiger partial charge in [0, 0.05) is 16.0 Å². The normalized spacial score (nSPS) is 16.2. The van der Waals surface area contributed by atoms with Crippen molar-refractivity contribution in [3.8, 4) is 0 Å². The molecule has 35 heavy (non-hydrogen) atoms. The molecule has 0 saturated carbocycles. The Hall–Kier alpha value is -3.76. The molecular weight excluding hydrogens is 458 g/mol. The smallest absolute Gasteiger partial charge is 0.339 e. The Balaban J connectivity index is 1.54. The summed E-state index contributed by atoms with van der Waals surface area (Å²) in [5.41, 5.74) is 5.59. The first kappa shape index (κ1) is 23.0. The number of esters is 1. The van der Waals surface area contributed by atoms with Crippen molar-refractivity contribution in [2.45, 2.75) is 19.8 Å². The fourth-order valence-corrected chi connectivity index (χ4v) is 4.77. The topological polar surface area (TPSA) is 56.3 Å². The maximum atomic E-state index is 13.4. The number of para-hydroxylation sites is 1. The van der Waals surface area contributed by atoms with Crippen molar-refractivity contribution in [1.29, 1.82) is 0 Å². The molecule has 0 aliphatic heterocycles. The molecule has 5 rings (SSSR count). The van der Waals surface area contributed by atoms with Gasteiger partial charge in [0.1, 0.15) is 0 Å². The number of hydrogen-bond acceptors (Lipinski definition) is 4. The minimum Gasteiger partial charge on any atom is -0.454 e. The molecule has 1 aliphatic carbocycles. The van der Waals surface area contributed by atoms with Crippen LogP contribution in [0.2, 0.25) is 5.02 Å². The molecule has 0 saturated heterocycles. The molecule has 0 N–H and O–H groups in total. The summed E-state index contributed by atoms with van der Waals surface area (Å²) in [5, 5.41) is 1.28. The highest BCUT2D eigenvalue weighted by atomic mass is 35.5. The molecule has 1 unspecified atom stereocenters. The van der Waals surface area contributed by atoms with Crippen LogP contribution < -0.4 is 0 Å². The Labute approximate surface area is 209 Å². The second-order valence-corrected chi connectivity index (χ2v) is 9.37. The van der Waals surface area contributed by atoms with E-state index in [-0.39, 0.29) is 12.4 Å². The highest BCUT2D eigenvalue weighted by Gasteiger charge is 2.29. The molecule has 0 amide bonds. The standard InChI is InChI=1S/C30H24ClNO3/c1-19-15-22(17-20-7-3-2-4-8-20)29-25(16-19)28(24-9-5-6-10-26(24)32-29)30(34)35-18-27(33)21-11-13-23(31)14-12-21/h2-14,17,19H,15-16,18H2,1H3. The van der Waals surface area contributed by atoms with Crippen molar-refractivity contribution in [2.24, 2.45) is 5.92 Å². The lowest BCUT2D eigenvalue weighted by Crippen LogP contribution is -2.21. The van der Waals surface area contributed by atoms with Crippen LogP contribution in [0, 0.1) is 5.92 Å². The number of fused-ring (bicyclic) bond motifs is 2. The molecule has 1 aliphatic rings. The zero-order valence-electron chi connectivity index (χ0n) is 19.3. The van der Waals surface area contributed by atoms with Crippen LogP contribution >= 0.6 is 11.6 Å². The molecule has 1 aromatic heterocycles. The molecule has 0 fully saturated rings. The number of aromatic nitrogens is 1. The maximum absolute atomic E-state index is 13.4. The van der Waals surface area contributed by atoms with E-state index in [0.717, 1.165) is 46.1 Å². The highest BCUT2D eigenvalue weighted by Crippen LogP contribution is 2.38. The van der Waals surface area contributed by atoms with E-state index in [9.17, 15) is 9.59 Å². The van der Waals surface area contributed by atoms with Crippen LogP contribution in [-0.2, 0) is 11.2 Å². The maximum Gasteiger partial charge on any atom is 0.339 e. The Kier molecular flexibility index (Phi) is 6.47. The zero-order valence-corrected chi connectivity index (χ0v) is 20.1. The van der Waals surface area contributed by atoms with Crippen molar-refractivity contribution in [2.75, 3.05) is 6.61 Å². The average Bonchev–Trinajstić information content (AvgIpc) is 2.87. The number of ether oxygens (including phenoxy) is 1. The number of nitrogens with zero attached hydrogens (tertiary/aromatic N) is 1. The van der Waals surface area contributed by atoms with Crippen LogP contribution in [0.3, 0.4) is 0 Å². The van der Waals surface area contributed by atoms with E-state index in [0.29, 0.717) is 22.1 Å². The van der Waals surface area contributed by atoms with Gasteiger partial charge >= 0.3 is 5.97 Å². The second kappa shape index (κ2) is 9.85. The van der Waals surface area contributed by atoms with Gasteiger partial charge < -0.3 is 4.74 Å². The first-order valence-electron chi connectivity index (χ1n) is 11.6. The number of hydrogen-bond donors (Lipinski definition) is 0. The van der Waals surface area contributed by atoms with Gasteiger partial charge in [0.2, 0.25) is 0 Å². The van der Waals surface area contributed by atoms with Crippen molar-refractivity contribution in [3.05, 3.63) is 112 Å². The lowest BCUT2D eigenvalue weighted by atomic mass is 9.80. The van der Waals surface area contributed by atoms with E-state index in [1.807, 2.05) is 42.5 Å². The van der Waals surface area contributed by atoms with Gasteiger partial charge in [0.05, 0.1) is 16.8 Å². The van der Waals surface area contributed by atoms with Gasteiger partial charge in [-0.25, -0.2) is 9.78 Å². The molecule has 0 radical (unpaired) electrons. The fraction of sp³-hybridized carbons (Fsp3) is 0.167. The van der Waals surface area contributed by atoms with E-state index in [4.69, 9.17) is 21.3 Å². The summed E-state index contributed by atoms with van der Waals surface area (Å²) in [6, 6.07) is 24.3. The summed E-state index contributed by atoms with van der Waals surface area (Å²) < 4.78 is 5.57. The van der Waals surface area contributed by atoms with E-state index in [1.165, 1.54) is 0 Å². The third-order valence-electron chi connectivity index (χ3n) is 6.26. The number of carbonyl (C=O) groups is 2. The Morgan fingerprint density at radius 3 is 2.46 bits per heavy atom. The Bertz CT molecular complexity index is 1440. The quantitative estimate of drug-likeness (QED) is 0.226. The van der Waals surface area contributed by atoms with Crippen molar-refractivity contribution < 1.29 is 14.3 Å². The molecule has 0 spiro atoms. The minimum absolute atomic E-state index is 0.278. The van der Waals surface area contributed by atoms with Crippen LogP contribution in [0.25, 0.3) is 22.6 Å². The van der Waals surface area contributed by atoms with E-state index in [2.05, 4.69) is 25.1 Å². The number of Topliss-reactive ketones (excluding diaryl/α,β-unsaturated/α-hetero) is 1. The van der Waals surface area contributed by atoms with Gasteiger partial charge in [-0.1, -0.05) is 67.1 Å². The van der Waals surface area contributed by atoms with Gasteiger partial charge in [-0.2, -0.15) is 0 Å². The number of pyridine rings is 1. The molecule has 1 atom stereocenters. The van der Waals surface area contributed by atoms with Crippen LogP contribution in [0.15, 0.2) is 78.9 Å². The predicted octanol–water partition coefficient (Wildman–Crippen LogP) is 7.05. The fourth-order valence-electron chi connectivity index (χ4n) is 4.64. The lowest BCUT2D eigenvalue weighted by Gasteiger charge is -2.26. The third-order valence-corrected chi connectivity index (χ3v) is 6.52. The molecule has 4 nitrogen and oxygen atoms in total. The number of ketones is 1. The van der Waals surface area contributed by atoms with Crippen molar-refractivity contribution >= 4 is 45.9 Å². The largest absolute Gasteiger partial charge is 0.454 e. The van der Waals surface area contributed by atoms with E-state index < -0.39 is 5.97 Å². The zero-order chi connectivity index (χ0) is 24.4. The summed E-state index contributed by atoms with van der Waals surface area (Å²) >= 11 is 5.91. The molecule has 3 aromatic carbocycles.